The zero-order chi connectivity index (χ0) is 15.2. The first-order valence-corrected chi connectivity index (χ1v) is 6.48. The van der Waals surface area contributed by atoms with Gasteiger partial charge in [0.15, 0.2) is 6.61 Å². The lowest BCUT2D eigenvalue weighted by Gasteiger charge is -2.10. The second kappa shape index (κ2) is 6.74. The lowest BCUT2D eigenvalue weighted by Crippen LogP contribution is -2.36. The maximum Gasteiger partial charge on any atom is 0.329 e. The van der Waals surface area contributed by atoms with Crippen LogP contribution in [0.1, 0.15) is 12.8 Å². The lowest BCUT2D eigenvalue weighted by atomic mass is 10.2. The summed E-state index contributed by atoms with van der Waals surface area (Å²) < 4.78 is 9.90. The third-order valence-corrected chi connectivity index (χ3v) is 2.98. The fraction of sp³-hybridized carbons (Fsp3) is 0.357. The van der Waals surface area contributed by atoms with E-state index in [-0.39, 0.29) is 5.91 Å². The van der Waals surface area contributed by atoms with E-state index in [1.54, 1.807) is 24.3 Å². The van der Waals surface area contributed by atoms with Crippen molar-refractivity contribution in [2.45, 2.75) is 18.9 Å². The largest absolute Gasteiger partial charge is 0.497 e. The van der Waals surface area contributed by atoms with E-state index in [2.05, 4.69) is 10.6 Å². The van der Waals surface area contributed by atoms with Crippen LogP contribution >= 0.6 is 0 Å². The summed E-state index contributed by atoms with van der Waals surface area (Å²) >= 11 is 0. The number of esters is 1. The van der Waals surface area contributed by atoms with E-state index in [0.717, 1.165) is 0 Å². The molecule has 1 fully saturated rings. The van der Waals surface area contributed by atoms with E-state index in [4.69, 9.17) is 9.47 Å². The summed E-state index contributed by atoms with van der Waals surface area (Å²) in [6.07, 6.45) is 0.699. The Morgan fingerprint density at radius 1 is 1.43 bits per heavy atom. The van der Waals surface area contributed by atoms with Gasteiger partial charge >= 0.3 is 5.97 Å². The van der Waals surface area contributed by atoms with Gasteiger partial charge in [-0.3, -0.25) is 9.59 Å². The summed E-state index contributed by atoms with van der Waals surface area (Å²) in [6.45, 7) is -0.400. The highest BCUT2D eigenvalue weighted by atomic mass is 16.5. The van der Waals surface area contributed by atoms with Crippen molar-refractivity contribution in [1.29, 1.82) is 0 Å². The third kappa shape index (κ3) is 4.20. The summed E-state index contributed by atoms with van der Waals surface area (Å²) in [5.74, 6) is -0.626. The van der Waals surface area contributed by atoms with Crippen molar-refractivity contribution in [3.05, 3.63) is 24.3 Å². The number of carbonyl (C=O) groups is 3. The number of anilines is 1. The standard InChI is InChI=1S/C14H16N2O5/c1-20-10-4-2-3-9(7-10)15-13(18)8-21-14(19)11-5-6-12(17)16-11/h2-4,7,11H,5-6,8H2,1H3,(H,15,18)(H,16,17). The summed E-state index contributed by atoms with van der Waals surface area (Å²) in [5, 5.41) is 5.07. The minimum Gasteiger partial charge on any atom is -0.497 e. The third-order valence-electron chi connectivity index (χ3n) is 2.98. The van der Waals surface area contributed by atoms with Crippen LogP contribution in [0.5, 0.6) is 5.75 Å². The van der Waals surface area contributed by atoms with Gasteiger partial charge < -0.3 is 20.1 Å². The quantitative estimate of drug-likeness (QED) is 0.769. The zero-order valence-electron chi connectivity index (χ0n) is 11.5. The van der Waals surface area contributed by atoms with E-state index in [1.807, 2.05) is 0 Å². The molecule has 7 nitrogen and oxygen atoms in total. The van der Waals surface area contributed by atoms with Crippen molar-refractivity contribution in [3.8, 4) is 5.75 Å². The Hall–Kier alpha value is -2.57. The first kappa shape index (κ1) is 14.8. The summed E-state index contributed by atoms with van der Waals surface area (Å²) in [7, 11) is 1.53. The molecule has 1 atom stereocenters. The Balaban J connectivity index is 1.79. The highest BCUT2D eigenvalue weighted by molar-refractivity contribution is 5.94. The maximum absolute atomic E-state index is 11.7. The number of amides is 2. The Morgan fingerprint density at radius 2 is 2.24 bits per heavy atom. The maximum atomic E-state index is 11.7. The summed E-state index contributed by atoms with van der Waals surface area (Å²) in [4.78, 5) is 34.3. The van der Waals surface area contributed by atoms with Crippen molar-refractivity contribution < 1.29 is 23.9 Å². The molecule has 0 saturated carbocycles. The number of rotatable bonds is 5. The van der Waals surface area contributed by atoms with Crippen molar-refractivity contribution in [2.75, 3.05) is 19.0 Å². The Labute approximate surface area is 121 Å². The van der Waals surface area contributed by atoms with E-state index in [0.29, 0.717) is 24.3 Å². The van der Waals surface area contributed by atoms with Crippen LogP contribution < -0.4 is 15.4 Å². The van der Waals surface area contributed by atoms with Gasteiger partial charge in [0.1, 0.15) is 11.8 Å². The molecule has 1 aromatic carbocycles. The minimum atomic E-state index is -0.651. The molecule has 2 rings (SSSR count). The molecule has 0 radical (unpaired) electrons. The van der Waals surface area contributed by atoms with E-state index >= 15 is 0 Å². The topological polar surface area (TPSA) is 93.7 Å². The average molecular weight is 292 g/mol. The highest BCUT2D eigenvalue weighted by Gasteiger charge is 2.28. The van der Waals surface area contributed by atoms with Crippen LogP contribution in [-0.2, 0) is 19.1 Å². The van der Waals surface area contributed by atoms with E-state index < -0.39 is 24.5 Å². The van der Waals surface area contributed by atoms with Crippen molar-refractivity contribution >= 4 is 23.5 Å². The number of nitrogens with one attached hydrogen (secondary N) is 2. The van der Waals surface area contributed by atoms with Crippen LogP contribution in [0, 0.1) is 0 Å². The van der Waals surface area contributed by atoms with Crippen molar-refractivity contribution in [2.24, 2.45) is 0 Å². The second-order valence-corrected chi connectivity index (χ2v) is 4.55. The molecule has 1 aliphatic rings. The Bertz CT molecular complexity index is 558. The fourth-order valence-electron chi connectivity index (χ4n) is 1.93. The van der Waals surface area contributed by atoms with Gasteiger partial charge in [-0.1, -0.05) is 6.07 Å². The van der Waals surface area contributed by atoms with E-state index in [1.165, 1.54) is 7.11 Å². The van der Waals surface area contributed by atoms with Gasteiger partial charge in [0, 0.05) is 18.2 Å². The van der Waals surface area contributed by atoms with Gasteiger partial charge in [-0.05, 0) is 18.6 Å². The molecular formula is C14H16N2O5. The highest BCUT2D eigenvalue weighted by Crippen LogP contribution is 2.16. The van der Waals surface area contributed by atoms with Crippen LogP contribution in [0.4, 0.5) is 5.69 Å². The molecule has 0 bridgehead atoms. The van der Waals surface area contributed by atoms with Gasteiger partial charge in [-0.2, -0.15) is 0 Å². The predicted octanol–water partition coefficient (Wildman–Crippen LogP) is 0.455. The minimum absolute atomic E-state index is 0.183. The lowest BCUT2D eigenvalue weighted by molar-refractivity contribution is -0.149. The van der Waals surface area contributed by atoms with Crippen LogP contribution in [0.2, 0.25) is 0 Å². The molecule has 1 unspecified atom stereocenters. The van der Waals surface area contributed by atoms with E-state index in [9.17, 15) is 14.4 Å². The molecule has 1 heterocycles. The molecule has 0 aliphatic carbocycles. The van der Waals surface area contributed by atoms with Gasteiger partial charge in [0.25, 0.3) is 5.91 Å². The second-order valence-electron chi connectivity index (χ2n) is 4.55. The van der Waals surface area contributed by atoms with Gasteiger partial charge in [0.2, 0.25) is 5.91 Å². The number of ether oxygens (including phenoxy) is 2. The zero-order valence-corrected chi connectivity index (χ0v) is 11.5. The Kier molecular flexibility index (Phi) is 4.76. The molecule has 1 aromatic rings. The number of hydrogen-bond acceptors (Lipinski definition) is 5. The number of hydrogen-bond donors (Lipinski definition) is 2. The SMILES string of the molecule is COc1cccc(NC(=O)COC(=O)C2CCC(=O)N2)c1. The van der Waals surface area contributed by atoms with Crippen LogP contribution in [0.3, 0.4) is 0 Å². The molecule has 112 valence electrons. The van der Waals surface area contributed by atoms with Crippen molar-refractivity contribution in [3.63, 3.8) is 0 Å². The summed E-state index contributed by atoms with van der Waals surface area (Å²) in [6, 6.07) is 6.17. The van der Waals surface area contributed by atoms with Gasteiger partial charge in [-0.15, -0.1) is 0 Å². The number of benzene rings is 1. The number of methoxy groups -OCH3 is 1. The fourth-order valence-corrected chi connectivity index (χ4v) is 1.93. The van der Waals surface area contributed by atoms with Crippen molar-refractivity contribution in [1.82, 2.24) is 5.32 Å². The normalized spacial score (nSPS) is 17.0. The molecule has 2 N–H and O–H groups in total. The molecule has 1 aliphatic heterocycles. The van der Waals surface area contributed by atoms with Gasteiger partial charge in [0.05, 0.1) is 7.11 Å². The molecular weight excluding hydrogens is 276 g/mol. The first-order chi connectivity index (χ1) is 10.1. The summed E-state index contributed by atoms with van der Waals surface area (Å²) in [5.41, 5.74) is 0.546. The first-order valence-electron chi connectivity index (χ1n) is 6.48. The molecule has 7 heteroatoms. The molecule has 0 spiro atoms. The van der Waals surface area contributed by atoms with Crippen LogP contribution in [0.15, 0.2) is 24.3 Å². The molecule has 1 saturated heterocycles. The smallest absolute Gasteiger partial charge is 0.329 e. The molecule has 2 amide bonds. The average Bonchev–Trinajstić information content (AvgIpc) is 2.91. The number of carbonyl (C=O) groups excluding carboxylic acids is 3. The molecule has 21 heavy (non-hydrogen) atoms. The van der Waals surface area contributed by atoms with Gasteiger partial charge in [-0.25, -0.2) is 4.79 Å². The monoisotopic (exact) mass is 292 g/mol. The van der Waals surface area contributed by atoms with Crippen LogP contribution in [0.25, 0.3) is 0 Å². The van der Waals surface area contributed by atoms with Crippen LogP contribution in [-0.4, -0.2) is 37.5 Å². The predicted molar refractivity (Wildman–Crippen MR) is 73.7 cm³/mol. The Morgan fingerprint density at radius 3 is 2.90 bits per heavy atom. The molecule has 0 aromatic heterocycles.